The fraction of sp³-hybridized carbons (Fsp3) is 0.458. The van der Waals surface area contributed by atoms with E-state index in [1.807, 2.05) is 13.8 Å². The van der Waals surface area contributed by atoms with E-state index < -0.39 is 23.8 Å². The lowest BCUT2D eigenvalue weighted by atomic mass is 9.85. The van der Waals surface area contributed by atoms with Gasteiger partial charge >= 0.3 is 0 Å². The highest BCUT2D eigenvalue weighted by Gasteiger charge is 2.44. The molecule has 2 aromatic heterocycles. The minimum atomic E-state index is -2.88. The van der Waals surface area contributed by atoms with Crippen LogP contribution < -0.4 is 10.2 Å². The highest BCUT2D eigenvalue weighted by atomic mass is 19.3. The van der Waals surface area contributed by atoms with Gasteiger partial charge in [0.05, 0.1) is 47.4 Å². The summed E-state index contributed by atoms with van der Waals surface area (Å²) in [5, 5.41) is 12.5. The molecule has 9 heteroatoms. The third-order valence-corrected chi connectivity index (χ3v) is 6.79. The van der Waals surface area contributed by atoms with Gasteiger partial charge in [0.2, 0.25) is 0 Å². The van der Waals surface area contributed by atoms with Crippen molar-refractivity contribution in [1.82, 2.24) is 15.2 Å². The molecule has 2 saturated heterocycles. The van der Waals surface area contributed by atoms with E-state index in [-0.39, 0.29) is 11.0 Å². The first-order valence-corrected chi connectivity index (χ1v) is 11.1. The van der Waals surface area contributed by atoms with E-state index >= 15 is 0 Å². The van der Waals surface area contributed by atoms with Gasteiger partial charge in [-0.05, 0) is 33.3 Å². The number of ether oxygens (including phenoxy) is 1. The molecule has 6 nitrogen and oxygen atoms in total. The first-order chi connectivity index (χ1) is 15.8. The van der Waals surface area contributed by atoms with Crippen molar-refractivity contribution >= 4 is 22.4 Å². The van der Waals surface area contributed by atoms with Crippen molar-refractivity contribution in [1.29, 1.82) is 0 Å². The number of anilines is 2. The quantitative estimate of drug-likeness (QED) is 0.574. The number of benzene rings is 1. The number of aromatic nitrogens is 3. The van der Waals surface area contributed by atoms with Gasteiger partial charge in [-0.15, -0.1) is 5.10 Å². The lowest BCUT2D eigenvalue weighted by Crippen LogP contribution is -2.44. The Bertz CT molecular complexity index is 1210. The van der Waals surface area contributed by atoms with Crippen LogP contribution in [0.25, 0.3) is 10.9 Å². The predicted octanol–water partition coefficient (Wildman–Crippen LogP) is 5.12. The van der Waals surface area contributed by atoms with Crippen LogP contribution in [0.1, 0.15) is 48.3 Å². The molecule has 2 aliphatic rings. The number of aryl methyl sites for hydroxylation is 2. The molecule has 0 aliphatic carbocycles. The smallest absolute Gasteiger partial charge is 0.266 e. The Kier molecular flexibility index (Phi) is 5.39. The number of nitrogens with zero attached hydrogens (tertiary/aromatic N) is 4. The summed E-state index contributed by atoms with van der Waals surface area (Å²) in [6, 6.07) is 5.50. The zero-order valence-corrected chi connectivity index (χ0v) is 18.8. The lowest BCUT2D eigenvalue weighted by molar-refractivity contribution is -0.0985. The molecule has 1 aromatic carbocycles. The van der Waals surface area contributed by atoms with Gasteiger partial charge in [-0.25, -0.2) is 18.2 Å². The average molecular weight is 458 g/mol. The minimum Gasteiger partial charge on any atom is -0.380 e. The van der Waals surface area contributed by atoms with Crippen LogP contribution in [-0.4, -0.2) is 41.5 Å². The van der Waals surface area contributed by atoms with Gasteiger partial charge in [-0.2, -0.15) is 5.10 Å². The Morgan fingerprint density at radius 3 is 2.55 bits per heavy atom. The molecule has 0 unspecified atom stereocenters. The second-order valence-electron chi connectivity index (χ2n) is 9.20. The van der Waals surface area contributed by atoms with Gasteiger partial charge in [-0.1, -0.05) is 18.2 Å². The van der Waals surface area contributed by atoms with E-state index in [4.69, 9.17) is 9.72 Å². The van der Waals surface area contributed by atoms with Crippen molar-refractivity contribution in [3.63, 3.8) is 0 Å². The lowest BCUT2D eigenvalue weighted by Gasteiger charge is -2.38. The van der Waals surface area contributed by atoms with E-state index in [2.05, 4.69) is 26.5 Å². The van der Waals surface area contributed by atoms with E-state index in [0.29, 0.717) is 17.0 Å². The molecular weight excluding hydrogens is 431 g/mol. The molecule has 0 amide bonds. The summed E-state index contributed by atoms with van der Waals surface area (Å²) in [7, 11) is 0. The number of nitrogens with one attached hydrogen (secondary N) is 1. The van der Waals surface area contributed by atoms with E-state index in [9.17, 15) is 13.2 Å². The second-order valence-corrected chi connectivity index (χ2v) is 9.20. The number of hydrogen-bond donors (Lipinski definition) is 1. The van der Waals surface area contributed by atoms with E-state index in [1.54, 1.807) is 6.92 Å². The average Bonchev–Trinajstić information content (AvgIpc) is 3.22. The van der Waals surface area contributed by atoms with Crippen LogP contribution in [0, 0.1) is 25.1 Å². The summed E-state index contributed by atoms with van der Waals surface area (Å²) in [4.78, 5) is 7.15. The fourth-order valence-electron chi connectivity index (χ4n) is 4.83. The molecule has 2 aliphatic heterocycles. The van der Waals surface area contributed by atoms with Crippen molar-refractivity contribution in [2.45, 2.75) is 39.7 Å². The number of fused-ring (bicyclic) bond motifs is 1. The number of hydrogen-bond acceptors (Lipinski definition) is 6. The molecule has 33 heavy (non-hydrogen) atoms. The minimum absolute atomic E-state index is 0.148. The molecular formula is C24H26F3N5O. The van der Waals surface area contributed by atoms with Crippen molar-refractivity contribution in [3.8, 4) is 0 Å². The Labute approximate surface area is 190 Å². The van der Waals surface area contributed by atoms with Gasteiger partial charge in [0.1, 0.15) is 5.82 Å². The van der Waals surface area contributed by atoms with Gasteiger partial charge < -0.3 is 15.0 Å². The summed E-state index contributed by atoms with van der Waals surface area (Å²) < 4.78 is 46.5. The number of rotatable bonds is 5. The van der Waals surface area contributed by atoms with Crippen molar-refractivity contribution < 1.29 is 17.9 Å². The molecule has 0 saturated carbocycles. The summed E-state index contributed by atoms with van der Waals surface area (Å²) in [5.41, 5.74) is 3.11. The monoisotopic (exact) mass is 457 g/mol. The predicted molar refractivity (Wildman–Crippen MR) is 120 cm³/mol. The third kappa shape index (κ3) is 3.78. The number of pyridine rings is 1. The standard InChI is InChI=1S/C24H26F3N5O/c1-13(16-5-4-6-17(20(16)25)22(26)27)29-23-18-9-19(14(2)28-21(18)15(3)30-31-23)32-8-7-24(10-32)11-33-12-24/h4-6,9,13,22H,7-8,10-12H2,1-3H3,(H,29,31)/t13-/m1/s1. The Morgan fingerprint density at radius 2 is 1.88 bits per heavy atom. The number of halogens is 3. The van der Waals surface area contributed by atoms with Crippen LogP contribution in [0.2, 0.25) is 0 Å². The van der Waals surface area contributed by atoms with Crippen LogP contribution in [0.3, 0.4) is 0 Å². The fourth-order valence-corrected chi connectivity index (χ4v) is 4.83. The van der Waals surface area contributed by atoms with Crippen molar-refractivity contribution in [3.05, 3.63) is 52.6 Å². The zero-order chi connectivity index (χ0) is 23.3. The van der Waals surface area contributed by atoms with Crippen molar-refractivity contribution in [2.24, 2.45) is 5.41 Å². The topological polar surface area (TPSA) is 63.2 Å². The largest absolute Gasteiger partial charge is 0.380 e. The Balaban J connectivity index is 1.51. The van der Waals surface area contributed by atoms with Crippen LogP contribution in [0.4, 0.5) is 24.7 Å². The molecule has 2 fully saturated rings. The van der Waals surface area contributed by atoms with Gasteiger partial charge in [0.15, 0.2) is 5.82 Å². The SMILES string of the molecule is Cc1nc2c(C)nnc(N[C@H](C)c3cccc(C(F)F)c3F)c2cc1N1CCC2(COC2)C1. The molecule has 0 radical (unpaired) electrons. The highest BCUT2D eigenvalue weighted by molar-refractivity contribution is 5.93. The van der Waals surface area contributed by atoms with Crippen LogP contribution in [0.15, 0.2) is 24.3 Å². The van der Waals surface area contributed by atoms with Crippen LogP contribution in [0.5, 0.6) is 0 Å². The molecule has 1 spiro atoms. The molecule has 4 heterocycles. The summed E-state index contributed by atoms with van der Waals surface area (Å²) >= 11 is 0. The summed E-state index contributed by atoms with van der Waals surface area (Å²) in [5.74, 6) is -0.462. The molecule has 5 rings (SSSR count). The molecule has 174 valence electrons. The number of alkyl halides is 2. The van der Waals surface area contributed by atoms with Gasteiger partial charge in [-0.3, -0.25) is 0 Å². The first kappa shape index (κ1) is 21.9. The maximum atomic E-state index is 14.7. The second kappa shape index (κ2) is 8.13. The van der Waals surface area contributed by atoms with Gasteiger partial charge in [0, 0.05) is 29.5 Å². The summed E-state index contributed by atoms with van der Waals surface area (Å²) in [6.45, 7) is 8.98. The van der Waals surface area contributed by atoms with Crippen LogP contribution in [-0.2, 0) is 4.74 Å². The van der Waals surface area contributed by atoms with E-state index in [1.165, 1.54) is 12.1 Å². The normalized spacial score (nSPS) is 18.2. The molecule has 1 N–H and O–H groups in total. The van der Waals surface area contributed by atoms with Gasteiger partial charge in [0.25, 0.3) is 6.43 Å². The van der Waals surface area contributed by atoms with Crippen molar-refractivity contribution in [2.75, 3.05) is 36.5 Å². The summed E-state index contributed by atoms with van der Waals surface area (Å²) in [6.07, 6.45) is -1.79. The molecule has 0 bridgehead atoms. The van der Waals surface area contributed by atoms with Crippen LogP contribution >= 0.6 is 0 Å². The maximum absolute atomic E-state index is 14.7. The third-order valence-electron chi connectivity index (χ3n) is 6.79. The highest BCUT2D eigenvalue weighted by Crippen LogP contribution is 2.41. The maximum Gasteiger partial charge on any atom is 0.266 e. The Hall–Kier alpha value is -2.94. The first-order valence-electron chi connectivity index (χ1n) is 11.1. The Morgan fingerprint density at radius 1 is 1.12 bits per heavy atom. The van der Waals surface area contributed by atoms with E-state index in [0.717, 1.165) is 55.6 Å². The molecule has 1 atom stereocenters. The molecule has 3 aromatic rings. The zero-order valence-electron chi connectivity index (χ0n) is 18.8.